The molecule has 0 rings (SSSR count). The number of methoxy groups -OCH3 is 1. The summed E-state index contributed by atoms with van der Waals surface area (Å²) in [7, 11) is 1.14. The van der Waals surface area contributed by atoms with Crippen molar-refractivity contribution in [3.8, 4) is 0 Å². The number of ether oxygens (including phenoxy) is 1. The van der Waals surface area contributed by atoms with E-state index < -0.39 is 11.9 Å². The van der Waals surface area contributed by atoms with Crippen LogP contribution in [0.5, 0.6) is 0 Å². The maximum Gasteiger partial charge on any atom is 0.396 e. The summed E-state index contributed by atoms with van der Waals surface area (Å²) in [5.74, 6) is -1.67. The zero-order valence-electron chi connectivity index (χ0n) is 6.02. The maximum atomic E-state index is 10.6. The highest BCUT2D eigenvalue weighted by Gasteiger charge is 2.11. The molecule has 0 heterocycles. The Bertz CT molecular complexity index is 190. The van der Waals surface area contributed by atoms with Crippen LogP contribution in [0.2, 0.25) is 0 Å². The quantitative estimate of drug-likeness (QED) is 0.535. The van der Waals surface area contributed by atoms with Crippen molar-refractivity contribution >= 4 is 27.8 Å². The minimum atomic E-state index is -0.904. The lowest BCUT2D eigenvalue weighted by Crippen LogP contribution is -2.32. The molecule has 0 aromatic carbocycles. The predicted molar refractivity (Wildman–Crippen MR) is 43.1 cm³/mol. The van der Waals surface area contributed by atoms with Crippen molar-refractivity contribution in [3.63, 3.8) is 0 Å². The predicted octanol–water partition coefficient (Wildman–Crippen LogP) is 0.184. The van der Waals surface area contributed by atoms with Crippen LogP contribution in [-0.2, 0) is 14.3 Å². The third-order valence-electron chi connectivity index (χ3n) is 0.812. The average molecular weight is 222 g/mol. The Balaban J connectivity index is 3.70. The normalized spacial score (nSPS) is 8.55. The van der Waals surface area contributed by atoms with Crippen molar-refractivity contribution < 1.29 is 14.3 Å². The summed E-state index contributed by atoms with van der Waals surface area (Å²) in [6.07, 6.45) is 0. The molecular weight excluding hydrogens is 214 g/mol. The molecule has 0 saturated heterocycles. The van der Waals surface area contributed by atoms with Crippen molar-refractivity contribution in [2.75, 3.05) is 13.7 Å². The fraction of sp³-hybridized carbons (Fsp3) is 0.333. The number of halogens is 1. The molecule has 0 radical (unpaired) electrons. The molecule has 4 nitrogen and oxygen atoms in total. The molecule has 0 aliphatic rings. The summed E-state index contributed by atoms with van der Waals surface area (Å²) in [6.45, 7) is 3.68. The SMILES string of the molecule is C=C(Br)CNC(=O)C(=O)OC. The zero-order valence-corrected chi connectivity index (χ0v) is 7.60. The molecule has 0 aromatic rings. The molecule has 1 N–H and O–H groups in total. The van der Waals surface area contributed by atoms with E-state index in [9.17, 15) is 9.59 Å². The fourth-order valence-electron chi connectivity index (χ4n) is 0.341. The highest BCUT2D eigenvalue weighted by atomic mass is 79.9. The summed E-state index contributed by atoms with van der Waals surface area (Å²) in [4.78, 5) is 21.1. The highest BCUT2D eigenvalue weighted by Crippen LogP contribution is 1.96. The van der Waals surface area contributed by atoms with Gasteiger partial charge in [0.1, 0.15) is 0 Å². The van der Waals surface area contributed by atoms with Crippen LogP contribution in [0.15, 0.2) is 11.1 Å². The van der Waals surface area contributed by atoms with Gasteiger partial charge in [-0.1, -0.05) is 22.5 Å². The number of amides is 1. The molecule has 0 aromatic heterocycles. The first kappa shape index (κ1) is 10.2. The van der Waals surface area contributed by atoms with E-state index in [4.69, 9.17) is 0 Å². The number of nitrogens with one attached hydrogen (secondary N) is 1. The van der Waals surface area contributed by atoms with Crippen molar-refractivity contribution in [3.05, 3.63) is 11.1 Å². The molecule has 0 atom stereocenters. The highest BCUT2D eigenvalue weighted by molar-refractivity contribution is 9.11. The smallest absolute Gasteiger partial charge is 0.396 e. The van der Waals surface area contributed by atoms with Gasteiger partial charge in [-0.3, -0.25) is 4.79 Å². The van der Waals surface area contributed by atoms with Gasteiger partial charge in [0.05, 0.1) is 7.11 Å². The first-order valence-corrected chi connectivity index (χ1v) is 3.56. The minimum absolute atomic E-state index is 0.216. The number of esters is 1. The van der Waals surface area contributed by atoms with Gasteiger partial charge in [0.15, 0.2) is 0 Å². The van der Waals surface area contributed by atoms with Crippen LogP contribution < -0.4 is 5.32 Å². The Kier molecular flexibility index (Phi) is 4.52. The lowest BCUT2D eigenvalue weighted by Gasteiger charge is -2.00. The van der Waals surface area contributed by atoms with E-state index in [2.05, 4.69) is 32.6 Å². The van der Waals surface area contributed by atoms with Crippen molar-refractivity contribution in [1.82, 2.24) is 5.32 Å². The number of hydrogen-bond acceptors (Lipinski definition) is 3. The van der Waals surface area contributed by atoms with Crippen LogP contribution in [0.4, 0.5) is 0 Å². The fourth-order valence-corrected chi connectivity index (χ4v) is 0.481. The molecule has 0 aliphatic carbocycles. The Morgan fingerprint density at radius 1 is 1.64 bits per heavy atom. The molecule has 5 heteroatoms. The Morgan fingerprint density at radius 2 is 2.18 bits per heavy atom. The molecule has 11 heavy (non-hydrogen) atoms. The van der Waals surface area contributed by atoms with Crippen LogP contribution in [-0.4, -0.2) is 25.5 Å². The van der Waals surface area contributed by atoms with Gasteiger partial charge in [-0.2, -0.15) is 0 Å². The third kappa shape index (κ3) is 4.55. The second-order valence-corrected chi connectivity index (χ2v) is 2.81. The van der Waals surface area contributed by atoms with Gasteiger partial charge >= 0.3 is 11.9 Å². The van der Waals surface area contributed by atoms with Gasteiger partial charge in [0.25, 0.3) is 0 Å². The first-order chi connectivity index (χ1) is 5.07. The summed E-state index contributed by atoms with van der Waals surface area (Å²) in [6, 6.07) is 0. The zero-order chi connectivity index (χ0) is 8.85. The summed E-state index contributed by atoms with van der Waals surface area (Å²) < 4.78 is 4.74. The van der Waals surface area contributed by atoms with E-state index in [1.807, 2.05) is 0 Å². The van der Waals surface area contributed by atoms with E-state index in [1.54, 1.807) is 0 Å². The summed E-state index contributed by atoms with van der Waals surface area (Å²) in [5.41, 5.74) is 0. The second kappa shape index (κ2) is 4.90. The van der Waals surface area contributed by atoms with Gasteiger partial charge in [-0.05, 0) is 0 Å². The molecule has 0 bridgehead atoms. The molecule has 0 aliphatic heterocycles. The van der Waals surface area contributed by atoms with Gasteiger partial charge in [-0.25, -0.2) is 4.79 Å². The largest absolute Gasteiger partial charge is 0.462 e. The van der Waals surface area contributed by atoms with Crippen LogP contribution in [0.25, 0.3) is 0 Å². The summed E-state index contributed by atoms with van der Waals surface area (Å²) >= 11 is 3.01. The minimum Gasteiger partial charge on any atom is -0.462 e. The molecule has 0 unspecified atom stereocenters. The molecule has 0 spiro atoms. The standard InChI is InChI=1S/C6H8BrNO3/c1-4(7)3-8-5(9)6(10)11-2/h1,3H2,2H3,(H,8,9). The molecule has 62 valence electrons. The second-order valence-electron chi connectivity index (χ2n) is 1.69. The Hall–Kier alpha value is -0.840. The van der Waals surface area contributed by atoms with E-state index in [-0.39, 0.29) is 6.54 Å². The molecular formula is C6H8BrNO3. The van der Waals surface area contributed by atoms with E-state index in [0.717, 1.165) is 7.11 Å². The van der Waals surface area contributed by atoms with E-state index in [0.29, 0.717) is 4.48 Å². The number of carbonyl (C=O) groups excluding carboxylic acids is 2. The number of rotatable bonds is 2. The Morgan fingerprint density at radius 3 is 2.55 bits per heavy atom. The van der Waals surface area contributed by atoms with E-state index >= 15 is 0 Å². The van der Waals surface area contributed by atoms with Crippen molar-refractivity contribution in [2.45, 2.75) is 0 Å². The topological polar surface area (TPSA) is 55.4 Å². The van der Waals surface area contributed by atoms with Gasteiger partial charge < -0.3 is 10.1 Å². The van der Waals surface area contributed by atoms with Crippen LogP contribution in [0, 0.1) is 0 Å². The van der Waals surface area contributed by atoms with Gasteiger partial charge in [0, 0.05) is 11.0 Å². The lowest BCUT2D eigenvalue weighted by molar-refractivity contribution is -0.152. The van der Waals surface area contributed by atoms with E-state index in [1.165, 1.54) is 0 Å². The van der Waals surface area contributed by atoms with Crippen LogP contribution >= 0.6 is 15.9 Å². The third-order valence-corrected chi connectivity index (χ3v) is 1.09. The first-order valence-electron chi connectivity index (χ1n) is 2.77. The van der Waals surface area contributed by atoms with Crippen LogP contribution in [0.3, 0.4) is 0 Å². The van der Waals surface area contributed by atoms with Crippen molar-refractivity contribution in [1.29, 1.82) is 0 Å². The van der Waals surface area contributed by atoms with Crippen LogP contribution in [0.1, 0.15) is 0 Å². The molecule has 1 amide bonds. The summed E-state index contributed by atoms with van der Waals surface area (Å²) in [5, 5.41) is 2.27. The van der Waals surface area contributed by atoms with Gasteiger partial charge in [0.2, 0.25) is 0 Å². The van der Waals surface area contributed by atoms with Crippen molar-refractivity contribution in [2.24, 2.45) is 0 Å². The lowest BCUT2D eigenvalue weighted by atomic mass is 10.5. The number of carbonyl (C=O) groups is 2. The number of hydrogen-bond donors (Lipinski definition) is 1. The monoisotopic (exact) mass is 221 g/mol. The molecule has 0 saturated carbocycles. The molecule has 0 fully saturated rings. The van der Waals surface area contributed by atoms with Gasteiger partial charge in [-0.15, -0.1) is 0 Å². The Labute approximate surface area is 72.7 Å². The maximum absolute atomic E-state index is 10.6. The average Bonchev–Trinajstić information content (AvgIpc) is 1.98.